The Kier molecular flexibility index (Phi) is 4.92. The van der Waals surface area contributed by atoms with Gasteiger partial charge in [-0.05, 0) is 29.7 Å². The van der Waals surface area contributed by atoms with Crippen molar-refractivity contribution in [3.63, 3.8) is 0 Å². The summed E-state index contributed by atoms with van der Waals surface area (Å²) in [5, 5.41) is 2.62. The Morgan fingerprint density at radius 2 is 1.69 bits per heavy atom. The molecule has 1 amide bonds. The van der Waals surface area contributed by atoms with Crippen molar-refractivity contribution in [2.24, 2.45) is 0 Å². The summed E-state index contributed by atoms with van der Waals surface area (Å²) in [4.78, 5) is 22.6. The van der Waals surface area contributed by atoms with Crippen molar-refractivity contribution in [1.82, 2.24) is 14.9 Å². The van der Waals surface area contributed by atoms with Crippen LogP contribution in [0.15, 0.2) is 60.9 Å². The number of benzene rings is 2. The smallest absolute Gasteiger partial charge is 0.338 e. The Morgan fingerprint density at radius 3 is 2.41 bits per heavy atom. The van der Waals surface area contributed by atoms with Gasteiger partial charge in [0.1, 0.15) is 11.5 Å². The van der Waals surface area contributed by atoms with Crippen molar-refractivity contribution in [3.8, 4) is 0 Å². The molecule has 1 aromatic heterocycles. The van der Waals surface area contributed by atoms with Gasteiger partial charge >= 0.3 is 6.18 Å². The average Bonchev–Trinajstić information content (AvgIpc) is 2.73. The number of halogens is 3. The van der Waals surface area contributed by atoms with Crippen LogP contribution in [-0.4, -0.2) is 27.3 Å². The second-order valence-corrected chi connectivity index (χ2v) is 6.70. The fraction of sp³-hybridized carbons (Fsp3) is 0.190. The van der Waals surface area contributed by atoms with Crippen molar-refractivity contribution in [3.05, 3.63) is 83.3 Å². The Bertz CT molecular complexity index is 1030. The Hall–Kier alpha value is -3.42. The maximum Gasteiger partial charge on any atom is 0.418 e. The number of fused-ring (bicyclic) bond motifs is 1. The fourth-order valence-corrected chi connectivity index (χ4v) is 3.31. The highest BCUT2D eigenvalue weighted by molar-refractivity contribution is 5.92. The second-order valence-electron chi connectivity index (χ2n) is 6.70. The number of nitrogens with one attached hydrogen (secondary N) is 1. The van der Waals surface area contributed by atoms with Gasteiger partial charge in [0.2, 0.25) is 0 Å². The number of carbonyl (C=O) groups excluding carboxylic acids is 1. The Labute approximate surface area is 165 Å². The first kappa shape index (κ1) is 18.9. The highest BCUT2D eigenvalue weighted by Crippen LogP contribution is 2.35. The van der Waals surface area contributed by atoms with Gasteiger partial charge in [-0.1, -0.05) is 36.4 Å². The summed E-state index contributed by atoms with van der Waals surface area (Å²) < 4.78 is 39.3. The number of hydrogen-bond acceptors (Lipinski definition) is 4. The predicted octanol–water partition coefficient (Wildman–Crippen LogP) is 4.44. The normalized spacial score (nSPS) is 13.7. The zero-order valence-electron chi connectivity index (χ0n) is 15.3. The van der Waals surface area contributed by atoms with E-state index in [-0.39, 0.29) is 23.1 Å². The first-order valence-electron chi connectivity index (χ1n) is 9.03. The molecule has 2 heterocycles. The Balaban J connectivity index is 1.48. The number of para-hydroxylation sites is 1. The third-order valence-electron chi connectivity index (χ3n) is 4.78. The van der Waals surface area contributed by atoms with Crippen molar-refractivity contribution in [2.75, 3.05) is 11.9 Å². The average molecular weight is 398 g/mol. The molecule has 4 rings (SSSR count). The van der Waals surface area contributed by atoms with Crippen LogP contribution in [0.25, 0.3) is 0 Å². The van der Waals surface area contributed by atoms with E-state index in [0.29, 0.717) is 13.1 Å². The van der Waals surface area contributed by atoms with E-state index in [9.17, 15) is 18.0 Å². The van der Waals surface area contributed by atoms with Crippen LogP contribution in [0.2, 0.25) is 0 Å². The molecule has 29 heavy (non-hydrogen) atoms. The molecule has 1 N–H and O–H groups in total. The van der Waals surface area contributed by atoms with Crippen molar-refractivity contribution in [2.45, 2.75) is 19.1 Å². The van der Waals surface area contributed by atoms with Crippen molar-refractivity contribution < 1.29 is 18.0 Å². The molecule has 5 nitrogen and oxygen atoms in total. The topological polar surface area (TPSA) is 58.1 Å². The molecular formula is C21H17F3N4O. The lowest BCUT2D eigenvalue weighted by molar-refractivity contribution is -0.136. The third kappa shape index (κ3) is 4.06. The molecule has 0 radical (unpaired) electrons. The van der Waals surface area contributed by atoms with Gasteiger partial charge in [0.15, 0.2) is 0 Å². The molecule has 8 heteroatoms. The van der Waals surface area contributed by atoms with Gasteiger partial charge in [-0.3, -0.25) is 4.79 Å². The first-order chi connectivity index (χ1) is 13.9. The monoisotopic (exact) mass is 398 g/mol. The summed E-state index contributed by atoms with van der Waals surface area (Å²) in [6.07, 6.45) is -1.18. The molecule has 1 aliphatic rings. The molecule has 0 saturated carbocycles. The van der Waals surface area contributed by atoms with E-state index < -0.39 is 11.7 Å². The maximum atomic E-state index is 13.1. The van der Waals surface area contributed by atoms with Crippen LogP contribution in [0.1, 0.15) is 27.2 Å². The molecule has 1 aliphatic heterocycles. The number of carbonyl (C=O) groups is 1. The number of amides is 1. The van der Waals surface area contributed by atoms with E-state index in [2.05, 4.69) is 21.4 Å². The van der Waals surface area contributed by atoms with Crippen LogP contribution in [-0.2, 0) is 19.1 Å². The zero-order chi connectivity index (χ0) is 20.4. The molecule has 0 aliphatic carbocycles. The van der Waals surface area contributed by atoms with Crippen LogP contribution in [0.3, 0.4) is 0 Å². The summed E-state index contributed by atoms with van der Waals surface area (Å²) in [7, 11) is 0. The molecule has 0 spiro atoms. The van der Waals surface area contributed by atoms with Crippen LogP contribution in [0.5, 0.6) is 0 Å². The molecule has 148 valence electrons. The van der Waals surface area contributed by atoms with Crippen LogP contribution in [0.4, 0.5) is 24.7 Å². The largest absolute Gasteiger partial charge is 0.418 e. The predicted molar refractivity (Wildman–Crippen MR) is 102 cm³/mol. The molecule has 0 unspecified atom stereocenters. The fourth-order valence-electron chi connectivity index (χ4n) is 3.31. The van der Waals surface area contributed by atoms with Gasteiger partial charge in [-0.15, -0.1) is 0 Å². The lowest BCUT2D eigenvalue weighted by Gasteiger charge is -2.28. The van der Waals surface area contributed by atoms with Crippen molar-refractivity contribution >= 4 is 17.4 Å². The number of nitrogens with zero attached hydrogens (tertiary/aromatic N) is 3. The molecule has 0 saturated heterocycles. The first-order valence-corrected chi connectivity index (χ1v) is 9.03. The SMILES string of the molecule is O=C(c1cnc(Nc2ccccc2C(F)(F)F)cn1)N1CCc2ccccc2C1. The highest BCUT2D eigenvalue weighted by atomic mass is 19.4. The van der Waals surface area contributed by atoms with Gasteiger partial charge in [0.25, 0.3) is 5.91 Å². The minimum absolute atomic E-state index is 0.124. The number of rotatable bonds is 3. The Morgan fingerprint density at radius 1 is 0.966 bits per heavy atom. The second kappa shape index (κ2) is 7.54. The number of aromatic nitrogens is 2. The molecule has 0 atom stereocenters. The van der Waals surface area contributed by atoms with Crippen LogP contribution >= 0.6 is 0 Å². The maximum absolute atomic E-state index is 13.1. The van der Waals surface area contributed by atoms with E-state index >= 15 is 0 Å². The summed E-state index contributed by atoms with van der Waals surface area (Å²) in [5.41, 5.74) is 1.56. The number of alkyl halides is 3. The van der Waals surface area contributed by atoms with Gasteiger partial charge in [0, 0.05) is 13.1 Å². The quantitative estimate of drug-likeness (QED) is 0.709. The van der Waals surface area contributed by atoms with E-state index in [1.165, 1.54) is 36.2 Å². The standard InChI is InChI=1S/C21H17F3N4O/c22-21(23,24)16-7-3-4-8-17(16)27-19-12-25-18(11-26-19)20(29)28-10-9-14-5-1-2-6-15(14)13-28/h1-8,11-12H,9-10,13H2,(H,26,27). The van der Waals surface area contributed by atoms with Crippen LogP contribution in [0, 0.1) is 0 Å². The van der Waals surface area contributed by atoms with E-state index in [4.69, 9.17) is 0 Å². The molecule has 2 aromatic carbocycles. The third-order valence-corrected chi connectivity index (χ3v) is 4.78. The zero-order valence-corrected chi connectivity index (χ0v) is 15.3. The van der Waals surface area contributed by atoms with Crippen molar-refractivity contribution in [1.29, 1.82) is 0 Å². The van der Waals surface area contributed by atoms with E-state index in [1.54, 1.807) is 4.90 Å². The summed E-state index contributed by atoms with van der Waals surface area (Å²) in [6, 6.07) is 13.1. The summed E-state index contributed by atoms with van der Waals surface area (Å²) in [6.45, 7) is 1.08. The summed E-state index contributed by atoms with van der Waals surface area (Å²) >= 11 is 0. The number of anilines is 2. The lowest BCUT2D eigenvalue weighted by atomic mass is 10.00. The van der Waals surface area contributed by atoms with E-state index in [1.807, 2.05) is 18.2 Å². The highest BCUT2D eigenvalue weighted by Gasteiger charge is 2.33. The van der Waals surface area contributed by atoms with Gasteiger partial charge in [0.05, 0.1) is 23.6 Å². The number of hydrogen-bond donors (Lipinski definition) is 1. The minimum Gasteiger partial charge on any atom is -0.338 e. The van der Waals surface area contributed by atoms with E-state index in [0.717, 1.165) is 18.1 Å². The van der Waals surface area contributed by atoms with Crippen LogP contribution < -0.4 is 5.32 Å². The molecule has 0 bridgehead atoms. The van der Waals surface area contributed by atoms with Gasteiger partial charge in [-0.25, -0.2) is 9.97 Å². The minimum atomic E-state index is -4.49. The summed E-state index contributed by atoms with van der Waals surface area (Å²) in [5.74, 6) is -0.128. The molecule has 3 aromatic rings. The molecule has 0 fully saturated rings. The lowest BCUT2D eigenvalue weighted by Crippen LogP contribution is -2.36. The van der Waals surface area contributed by atoms with Gasteiger partial charge in [-0.2, -0.15) is 13.2 Å². The van der Waals surface area contributed by atoms with Gasteiger partial charge < -0.3 is 10.2 Å². The molecular weight excluding hydrogens is 381 g/mol.